The highest BCUT2D eigenvalue weighted by atomic mass is 32.1. The van der Waals surface area contributed by atoms with Crippen LogP contribution in [0.15, 0.2) is 36.0 Å². The van der Waals surface area contributed by atoms with Crippen molar-refractivity contribution in [2.24, 2.45) is 5.73 Å². The van der Waals surface area contributed by atoms with Gasteiger partial charge in [-0.15, -0.1) is 11.3 Å². The molecule has 0 aliphatic rings. The third kappa shape index (κ3) is 3.37. The molecule has 1 aromatic carbocycles. The summed E-state index contributed by atoms with van der Waals surface area (Å²) < 4.78 is 7.01. The van der Waals surface area contributed by atoms with Gasteiger partial charge in [0.15, 0.2) is 5.82 Å². The molecule has 3 heterocycles. The number of amides is 1. The van der Waals surface area contributed by atoms with Crippen LogP contribution >= 0.6 is 11.3 Å². The van der Waals surface area contributed by atoms with Gasteiger partial charge in [-0.25, -0.2) is 14.5 Å². The normalized spacial score (nSPS) is 11.3. The molecule has 1 amide bonds. The molecule has 154 valence electrons. The van der Waals surface area contributed by atoms with E-state index in [0.29, 0.717) is 29.1 Å². The average Bonchev–Trinajstić information content (AvgIpc) is 3.31. The first-order chi connectivity index (χ1) is 14.4. The number of hydrogen-bond donors (Lipinski definition) is 2. The number of rotatable bonds is 6. The zero-order chi connectivity index (χ0) is 21.4. The van der Waals surface area contributed by atoms with E-state index in [4.69, 9.17) is 21.2 Å². The van der Waals surface area contributed by atoms with Crippen molar-refractivity contribution in [2.75, 3.05) is 12.8 Å². The van der Waals surface area contributed by atoms with E-state index in [0.717, 1.165) is 27.5 Å². The quantitative estimate of drug-likeness (QED) is 0.492. The van der Waals surface area contributed by atoms with E-state index in [1.54, 1.807) is 9.90 Å². The summed E-state index contributed by atoms with van der Waals surface area (Å²) in [4.78, 5) is 21.6. The van der Waals surface area contributed by atoms with E-state index in [2.05, 4.69) is 23.9 Å². The van der Waals surface area contributed by atoms with E-state index in [-0.39, 0.29) is 5.92 Å². The molecule has 30 heavy (non-hydrogen) atoms. The van der Waals surface area contributed by atoms with Crippen LogP contribution in [0.2, 0.25) is 0 Å². The second-order valence-corrected chi connectivity index (χ2v) is 8.18. The molecule has 0 unspecified atom stereocenters. The van der Waals surface area contributed by atoms with Crippen LogP contribution in [0.5, 0.6) is 5.75 Å². The maximum atomic E-state index is 11.8. The maximum absolute atomic E-state index is 11.8. The van der Waals surface area contributed by atoms with E-state index in [9.17, 15) is 4.79 Å². The molecule has 0 bridgehead atoms. The number of nitrogens with zero attached hydrogens (tertiary/aromatic N) is 4. The first-order valence-corrected chi connectivity index (χ1v) is 10.3. The van der Waals surface area contributed by atoms with Gasteiger partial charge in [0.1, 0.15) is 29.1 Å². The van der Waals surface area contributed by atoms with Gasteiger partial charge < -0.3 is 16.2 Å². The fraction of sp³-hybridized carbons (Fsp3) is 0.238. The fourth-order valence-electron chi connectivity index (χ4n) is 3.44. The van der Waals surface area contributed by atoms with E-state index < -0.39 is 5.91 Å². The van der Waals surface area contributed by atoms with Crippen molar-refractivity contribution in [3.63, 3.8) is 0 Å². The monoisotopic (exact) mass is 422 g/mol. The molecule has 4 N–H and O–H groups in total. The lowest BCUT2D eigenvalue weighted by Crippen LogP contribution is -2.13. The van der Waals surface area contributed by atoms with Gasteiger partial charge in [0, 0.05) is 28.2 Å². The maximum Gasteiger partial charge on any atom is 0.253 e. The number of ether oxygens (including phenoxy) is 1. The van der Waals surface area contributed by atoms with Gasteiger partial charge in [0.05, 0.1) is 12.7 Å². The van der Waals surface area contributed by atoms with Crippen LogP contribution in [0, 0.1) is 0 Å². The van der Waals surface area contributed by atoms with Crippen molar-refractivity contribution in [3.8, 4) is 17.0 Å². The molecule has 0 spiro atoms. The highest BCUT2D eigenvalue weighted by Gasteiger charge is 2.20. The van der Waals surface area contributed by atoms with Gasteiger partial charge >= 0.3 is 0 Å². The first kappa shape index (κ1) is 19.8. The third-order valence-electron chi connectivity index (χ3n) is 4.89. The molecule has 0 radical (unpaired) electrons. The van der Waals surface area contributed by atoms with Gasteiger partial charge in [0.25, 0.3) is 5.91 Å². The van der Waals surface area contributed by atoms with Gasteiger partial charge in [-0.05, 0) is 5.56 Å². The summed E-state index contributed by atoms with van der Waals surface area (Å²) in [5.74, 6) is 1.43. The molecule has 4 aromatic rings. The number of benzene rings is 1. The standard InChI is InChI=1S/C21H22N6O2S/c1-11(2)21-26-17(18-19(22)24-10-25-27(18)21)13-6-4-12(5-7-13)8-15-16(20(23)28)14(29-3)9-30-15/h4-7,9-11H,8H2,1-3H3,(H2,23,28)(H2,22,24,25). The summed E-state index contributed by atoms with van der Waals surface area (Å²) in [5, 5.41) is 6.13. The molecular weight excluding hydrogens is 400 g/mol. The Labute approximate surface area is 177 Å². The van der Waals surface area contributed by atoms with Crippen LogP contribution in [-0.4, -0.2) is 32.6 Å². The predicted molar refractivity (Wildman–Crippen MR) is 117 cm³/mol. The third-order valence-corrected chi connectivity index (χ3v) is 5.86. The first-order valence-electron chi connectivity index (χ1n) is 9.43. The van der Waals surface area contributed by atoms with Crippen LogP contribution in [0.1, 0.15) is 46.4 Å². The van der Waals surface area contributed by atoms with Crippen molar-refractivity contribution >= 4 is 28.6 Å². The number of primary amides is 1. The number of imidazole rings is 1. The number of methoxy groups -OCH3 is 1. The second kappa shape index (κ2) is 7.75. The number of nitrogen functional groups attached to an aromatic ring is 1. The van der Waals surface area contributed by atoms with E-state index in [1.165, 1.54) is 24.8 Å². The number of thiophene rings is 1. The minimum absolute atomic E-state index is 0.181. The molecule has 3 aromatic heterocycles. The summed E-state index contributed by atoms with van der Waals surface area (Å²) in [6, 6.07) is 7.99. The number of nitrogens with two attached hydrogens (primary N) is 2. The van der Waals surface area contributed by atoms with Crippen molar-refractivity contribution in [1.82, 2.24) is 19.6 Å². The van der Waals surface area contributed by atoms with Crippen LogP contribution in [0.4, 0.5) is 5.82 Å². The SMILES string of the molecule is COc1csc(Cc2ccc(-c3nc(C(C)C)n4ncnc(N)c34)cc2)c1C(N)=O. The Hall–Kier alpha value is -3.46. The Morgan fingerprint density at radius 2 is 2.00 bits per heavy atom. The molecule has 0 atom stereocenters. The Kier molecular flexibility index (Phi) is 5.13. The Morgan fingerprint density at radius 1 is 1.27 bits per heavy atom. The number of aromatic nitrogens is 4. The molecule has 0 saturated carbocycles. The summed E-state index contributed by atoms with van der Waals surface area (Å²) in [6.07, 6.45) is 2.02. The van der Waals surface area contributed by atoms with Crippen LogP contribution in [-0.2, 0) is 6.42 Å². The van der Waals surface area contributed by atoms with Gasteiger partial charge in [-0.1, -0.05) is 38.1 Å². The topological polar surface area (TPSA) is 121 Å². The van der Waals surface area contributed by atoms with Crippen molar-refractivity contribution in [3.05, 3.63) is 57.8 Å². The lowest BCUT2D eigenvalue weighted by Gasteiger charge is -2.05. The Balaban J connectivity index is 1.70. The highest BCUT2D eigenvalue weighted by Crippen LogP contribution is 2.32. The number of carbonyl (C=O) groups excluding carboxylic acids is 1. The van der Waals surface area contributed by atoms with Crippen LogP contribution < -0.4 is 16.2 Å². The molecule has 4 rings (SSSR count). The van der Waals surface area contributed by atoms with Crippen LogP contribution in [0.25, 0.3) is 16.8 Å². The van der Waals surface area contributed by atoms with Gasteiger partial charge in [-0.3, -0.25) is 4.79 Å². The molecule has 0 aliphatic heterocycles. The van der Waals surface area contributed by atoms with Crippen molar-refractivity contribution in [1.29, 1.82) is 0 Å². The minimum atomic E-state index is -0.485. The second-order valence-electron chi connectivity index (χ2n) is 7.22. The number of hydrogen-bond acceptors (Lipinski definition) is 7. The van der Waals surface area contributed by atoms with Crippen LogP contribution in [0.3, 0.4) is 0 Å². The summed E-state index contributed by atoms with van der Waals surface area (Å²) in [5.41, 5.74) is 15.5. The molecule has 0 aliphatic carbocycles. The smallest absolute Gasteiger partial charge is 0.253 e. The average molecular weight is 423 g/mol. The van der Waals surface area contributed by atoms with Crippen molar-refractivity contribution in [2.45, 2.75) is 26.2 Å². The fourth-order valence-corrected chi connectivity index (χ4v) is 4.47. The van der Waals surface area contributed by atoms with Gasteiger partial charge in [0.2, 0.25) is 0 Å². The zero-order valence-electron chi connectivity index (χ0n) is 16.9. The molecule has 0 saturated heterocycles. The van der Waals surface area contributed by atoms with Gasteiger partial charge in [-0.2, -0.15) is 5.10 Å². The predicted octanol–water partition coefficient (Wildman–Crippen LogP) is 3.26. The Morgan fingerprint density at radius 3 is 2.63 bits per heavy atom. The van der Waals surface area contributed by atoms with E-state index >= 15 is 0 Å². The largest absolute Gasteiger partial charge is 0.495 e. The number of fused-ring (bicyclic) bond motifs is 1. The zero-order valence-corrected chi connectivity index (χ0v) is 17.7. The highest BCUT2D eigenvalue weighted by molar-refractivity contribution is 7.10. The molecule has 9 heteroatoms. The lowest BCUT2D eigenvalue weighted by atomic mass is 10.0. The molecule has 0 fully saturated rings. The van der Waals surface area contributed by atoms with Crippen molar-refractivity contribution < 1.29 is 9.53 Å². The minimum Gasteiger partial charge on any atom is -0.495 e. The summed E-state index contributed by atoms with van der Waals surface area (Å²) >= 11 is 1.46. The number of anilines is 1. The Bertz CT molecular complexity index is 1230. The lowest BCUT2D eigenvalue weighted by molar-refractivity contribution is 0.0997. The summed E-state index contributed by atoms with van der Waals surface area (Å²) in [6.45, 7) is 4.12. The summed E-state index contributed by atoms with van der Waals surface area (Å²) in [7, 11) is 1.53. The molecule has 8 nitrogen and oxygen atoms in total. The molecular formula is C21H22N6O2S. The van der Waals surface area contributed by atoms with E-state index in [1.807, 2.05) is 24.3 Å². The number of carbonyl (C=O) groups is 1.